The van der Waals surface area contributed by atoms with Crippen LogP contribution in [0.1, 0.15) is 34.9 Å². The van der Waals surface area contributed by atoms with E-state index in [0.717, 1.165) is 11.1 Å². The van der Waals surface area contributed by atoms with Crippen molar-refractivity contribution in [1.82, 2.24) is 15.5 Å². The molecule has 0 fully saturated rings. The van der Waals surface area contributed by atoms with Crippen molar-refractivity contribution in [2.45, 2.75) is 25.8 Å². The van der Waals surface area contributed by atoms with E-state index >= 15 is 0 Å². The third kappa shape index (κ3) is 5.69. The Labute approximate surface area is 184 Å². The van der Waals surface area contributed by atoms with Crippen molar-refractivity contribution in [1.29, 1.82) is 0 Å². The minimum absolute atomic E-state index is 0.0528. The molecule has 2 aromatic carbocycles. The topological polar surface area (TPSA) is 110 Å². The molecule has 0 saturated heterocycles. The molecule has 2 aromatic heterocycles. The van der Waals surface area contributed by atoms with Crippen molar-refractivity contribution in [3.63, 3.8) is 0 Å². The number of amides is 2. The predicted molar refractivity (Wildman–Crippen MR) is 118 cm³/mol. The summed E-state index contributed by atoms with van der Waals surface area (Å²) in [6, 6.07) is 20.1. The maximum atomic E-state index is 12.1. The van der Waals surface area contributed by atoms with Crippen LogP contribution in [0.3, 0.4) is 0 Å². The Morgan fingerprint density at radius 2 is 1.72 bits per heavy atom. The van der Waals surface area contributed by atoms with Crippen LogP contribution < -0.4 is 10.6 Å². The van der Waals surface area contributed by atoms with Crippen LogP contribution in [0.2, 0.25) is 0 Å². The molecule has 4 aromatic rings. The van der Waals surface area contributed by atoms with Gasteiger partial charge in [0.25, 0.3) is 5.91 Å². The fraction of sp³-hybridized carbons (Fsp3) is 0.167. The normalized spacial score (nSPS) is 10.6. The second-order valence-electron chi connectivity index (χ2n) is 7.13. The number of rotatable bonds is 9. The fourth-order valence-corrected chi connectivity index (χ4v) is 3.05. The molecule has 2 amide bonds. The summed E-state index contributed by atoms with van der Waals surface area (Å²) in [7, 11) is 0. The highest BCUT2D eigenvalue weighted by molar-refractivity contribution is 6.02. The molecule has 0 bridgehead atoms. The molecule has 8 nitrogen and oxygen atoms in total. The van der Waals surface area contributed by atoms with Crippen LogP contribution in [0.15, 0.2) is 81.8 Å². The van der Waals surface area contributed by atoms with Gasteiger partial charge in [-0.1, -0.05) is 30.3 Å². The molecule has 0 aliphatic carbocycles. The van der Waals surface area contributed by atoms with E-state index in [1.807, 2.05) is 42.5 Å². The highest BCUT2D eigenvalue weighted by Gasteiger charge is 2.10. The lowest BCUT2D eigenvalue weighted by Gasteiger charge is -2.07. The second kappa shape index (κ2) is 10.2. The van der Waals surface area contributed by atoms with Gasteiger partial charge in [-0.25, -0.2) is 0 Å². The van der Waals surface area contributed by atoms with Crippen LogP contribution in [0.25, 0.3) is 11.5 Å². The Morgan fingerprint density at radius 3 is 2.47 bits per heavy atom. The Bertz CT molecular complexity index is 1150. The van der Waals surface area contributed by atoms with Gasteiger partial charge in [-0.05, 0) is 48.4 Å². The molecule has 0 aliphatic heterocycles. The third-order valence-corrected chi connectivity index (χ3v) is 4.73. The van der Waals surface area contributed by atoms with Gasteiger partial charge in [-0.15, -0.1) is 10.2 Å². The van der Waals surface area contributed by atoms with E-state index < -0.39 is 0 Å². The standard InChI is InChI=1S/C24H22N4O4/c29-21(9-4-10-22-27-28-24(32-22)18-6-2-1-3-7-18)25-16-17-11-13-19(14-12-17)26-23(30)20-8-5-15-31-20/h1-3,5-8,11-15H,4,9-10,16H2,(H,25,29)(H,26,30). The Morgan fingerprint density at radius 1 is 0.906 bits per heavy atom. The summed E-state index contributed by atoms with van der Waals surface area (Å²) >= 11 is 0. The van der Waals surface area contributed by atoms with Crippen molar-refractivity contribution in [2.75, 3.05) is 5.32 Å². The lowest BCUT2D eigenvalue weighted by molar-refractivity contribution is -0.121. The number of hydrogen-bond acceptors (Lipinski definition) is 6. The first-order chi connectivity index (χ1) is 15.7. The van der Waals surface area contributed by atoms with E-state index in [4.69, 9.17) is 8.83 Å². The van der Waals surface area contributed by atoms with Gasteiger partial charge in [0.2, 0.25) is 17.7 Å². The molecule has 162 valence electrons. The number of benzene rings is 2. The summed E-state index contributed by atoms with van der Waals surface area (Å²) in [6.07, 6.45) is 2.96. The lowest BCUT2D eigenvalue weighted by Crippen LogP contribution is -2.22. The monoisotopic (exact) mass is 430 g/mol. The van der Waals surface area contributed by atoms with Crippen LogP contribution >= 0.6 is 0 Å². The van der Waals surface area contributed by atoms with Crippen molar-refractivity contribution in [3.8, 4) is 11.5 Å². The summed E-state index contributed by atoms with van der Waals surface area (Å²) in [5, 5.41) is 13.7. The third-order valence-electron chi connectivity index (χ3n) is 4.73. The van der Waals surface area contributed by atoms with Gasteiger partial charge in [0.1, 0.15) is 0 Å². The van der Waals surface area contributed by atoms with Gasteiger partial charge in [-0.3, -0.25) is 9.59 Å². The first kappa shape index (κ1) is 21.0. The molecule has 2 N–H and O–H groups in total. The molecule has 8 heteroatoms. The fourth-order valence-electron chi connectivity index (χ4n) is 3.05. The zero-order chi connectivity index (χ0) is 22.2. The number of carbonyl (C=O) groups is 2. The summed E-state index contributed by atoms with van der Waals surface area (Å²) in [4.78, 5) is 24.1. The van der Waals surface area contributed by atoms with E-state index in [1.54, 1.807) is 24.3 Å². The van der Waals surface area contributed by atoms with Gasteiger partial charge in [0.05, 0.1) is 6.26 Å². The maximum Gasteiger partial charge on any atom is 0.291 e. The van der Waals surface area contributed by atoms with Crippen molar-refractivity contribution >= 4 is 17.5 Å². The number of furan rings is 1. The number of hydrogen-bond donors (Lipinski definition) is 2. The van der Waals surface area contributed by atoms with Gasteiger partial charge in [-0.2, -0.15) is 0 Å². The zero-order valence-electron chi connectivity index (χ0n) is 17.3. The molecule has 0 spiro atoms. The molecule has 0 radical (unpaired) electrons. The zero-order valence-corrected chi connectivity index (χ0v) is 17.3. The average molecular weight is 430 g/mol. The van der Waals surface area contributed by atoms with Gasteiger partial charge >= 0.3 is 0 Å². The second-order valence-corrected chi connectivity index (χ2v) is 7.13. The van der Waals surface area contributed by atoms with E-state index in [2.05, 4.69) is 20.8 Å². The predicted octanol–water partition coefficient (Wildman–Crippen LogP) is 4.22. The SMILES string of the molecule is O=C(CCCc1nnc(-c2ccccc2)o1)NCc1ccc(NC(=O)c2ccco2)cc1. The molecule has 32 heavy (non-hydrogen) atoms. The van der Waals surface area contributed by atoms with E-state index in [-0.39, 0.29) is 17.6 Å². The number of carbonyl (C=O) groups excluding carboxylic acids is 2. The van der Waals surface area contributed by atoms with Crippen LogP contribution in [0.5, 0.6) is 0 Å². The lowest BCUT2D eigenvalue weighted by atomic mass is 10.2. The summed E-state index contributed by atoms with van der Waals surface area (Å²) < 4.78 is 10.7. The number of aryl methyl sites for hydroxylation is 1. The first-order valence-electron chi connectivity index (χ1n) is 10.3. The number of nitrogens with one attached hydrogen (secondary N) is 2. The van der Waals surface area contributed by atoms with E-state index in [0.29, 0.717) is 43.3 Å². The highest BCUT2D eigenvalue weighted by atomic mass is 16.4. The van der Waals surface area contributed by atoms with Crippen LogP contribution in [0.4, 0.5) is 5.69 Å². The van der Waals surface area contributed by atoms with Gasteiger partial charge in [0, 0.05) is 30.6 Å². The molecule has 0 saturated carbocycles. The quantitative estimate of drug-likeness (QED) is 0.411. The summed E-state index contributed by atoms with van der Waals surface area (Å²) in [5.41, 5.74) is 2.45. The molecular weight excluding hydrogens is 408 g/mol. The largest absolute Gasteiger partial charge is 0.459 e. The smallest absolute Gasteiger partial charge is 0.291 e. The van der Waals surface area contributed by atoms with Crippen molar-refractivity contribution < 1.29 is 18.4 Å². The number of anilines is 1. The Kier molecular flexibility index (Phi) is 6.72. The average Bonchev–Trinajstić information content (AvgIpc) is 3.52. The van der Waals surface area contributed by atoms with Gasteiger partial charge in [0.15, 0.2) is 5.76 Å². The Balaban J connectivity index is 1.17. The van der Waals surface area contributed by atoms with Crippen molar-refractivity contribution in [2.24, 2.45) is 0 Å². The van der Waals surface area contributed by atoms with E-state index in [9.17, 15) is 9.59 Å². The maximum absolute atomic E-state index is 12.1. The number of aromatic nitrogens is 2. The van der Waals surface area contributed by atoms with Gasteiger partial charge < -0.3 is 19.5 Å². The minimum atomic E-state index is -0.312. The molecule has 0 atom stereocenters. The first-order valence-corrected chi connectivity index (χ1v) is 10.3. The molecule has 0 unspecified atom stereocenters. The Hall–Kier alpha value is -4.20. The number of nitrogens with zero attached hydrogens (tertiary/aromatic N) is 2. The molecule has 2 heterocycles. The van der Waals surface area contributed by atoms with Crippen LogP contribution in [-0.4, -0.2) is 22.0 Å². The highest BCUT2D eigenvalue weighted by Crippen LogP contribution is 2.17. The van der Waals surface area contributed by atoms with Crippen LogP contribution in [-0.2, 0) is 17.8 Å². The molecule has 0 aliphatic rings. The molecular formula is C24H22N4O4. The summed E-state index contributed by atoms with van der Waals surface area (Å²) in [5.74, 6) is 0.882. The van der Waals surface area contributed by atoms with Crippen LogP contribution in [0, 0.1) is 0 Å². The van der Waals surface area contributed by atoms with Crippen molar-refractivity contribution in [3.05, 3.63) is 90.2 Å². The molecule has 4 rings (SSSR count). The summed E-state index contributed by atoms with van der Waals surface area (Å²) in [6.45, 7) is 0.407. The minimum Gasteiger partial charge on any atom is -0.459 e. The van der Waals surface area contributed by atoms with E-state index in [1.165, 1.54) is 6.26 Å².